The van der Waals surface area contributed by atoms with Crippen molar-refractivity contribution in [1.82, 2.24) is 15.0 Å². The third-order valence-corrected chi connectivity index (χ3v) is 2.66. The highest BCUT2D eigenvalue weighted by Gasteiger charge is 2.00. The maximum Gasteiger partial charge on any atom is 0.102 e. The van der Waals surface area contributed by atoms with E-state index in [2.05, 4.69) is 34.7 Å². The molecule has 0 spiro atoms. The second kappa shape index (κ2) is 6.16. The Bertz CT molecular complexity index is 478. The Morgan fingerprint density at radius 1 is 1.28 bits per heavy atom. The van der Waals surface area contributed by atoms with Crippen LogP contribution in [0.15, 0.2) is 30.5 Å². The van der Waals surface area contributed by atoms with Crippen molar-refractivity contribution in [2.24, 2.45) is 0 Å². The number of anilines is 1. The van der Waals surface area contributed by atoms with Gasteiger partial charge in [0.15, 0.2) is 0 Å². The first-order valence-electron chi connectivity index (χ1n) is 6.08. The monoisotopic (exact) mass is 246 g/mol. The van der Waals surface area contributed by atoms with E-state index in [9.17, 15) is 0 Å². The highest BCUT2D eigenvalue weighted by molar-refractivity contribution is 5.44. The van der Waals surface area contributed by atoms with Gasteiger partial charge in [-0.1, -0.05) is 22.9 Å². The van der Waals surface area contributed by atoms with E-state index < -0.39 is 0 Å². The van der Waals surface area contributed by atoms with E-state index >= 15 is 0 Å². The lowest BCUT2D eigenvalue weighted by atomic mass is 10.2. The van der Waals surface area contributed by atoms with Crippen LogP contribution in [-0.2, 0) is 13.1 Å². The van der Waals surface area contributed by atoms with Gasteiger partial charge in [0.25, 0.3) is 0 Å². The quantitative estimate of drug-likeness (QED) is 0.812. The van der Waals surface area contributed by atoms with Crippen LogP contribution < -0.4 is 5.32 Å². The first-order chi connectivity index (χ1) is 8.78. The number of rotatable bonds is 6. The minimum atomic E-state index is 0.177. The molecule has 0 aliphatic carbocycles. The summed E-state index contributed by atoms with van der Waals surface area (Å²) in [5.74, 6) is 0. The Morgan fingerprint density at radius 2 is 2.06 bits per heavy atom. The number of hydrogen-bond donors (Lipinski definition) is 2. The summed E-state index contributed by atoms with van der Waals surface area (Å²) in [4.78, 5) is 0. The van der Waals surface area contributed by atoms with Crippen LogP contribution in [-0.4, -0.2) is 26.7 Å². The molecule has 0 aliphatic rings. The minimum Gasteiger partial charge on any atom is -0.396 e. The van der Waals surface area contributed by atoms with Crippen LogP contribution in [0, 0.1) is 6.92 Å². The van der Waals surface area contributed by atoms with Crippen LogP contribution in [0.3, 0.4) is 0 Å². The Morgan fingerprint density at radius 3 is 2.78 bits per heavy atom. The molecule has 1 aromatic carbocycles. The number of benzene rings is 1. The summed E-state index contributed by atoms with van der Waals surface area (Å²) in [6.45, 7) is 3.60. The highest BCUT2D eigenvalue weighted by Crippen LogP contribution is 2.09. The van der Waals surface area contributed by atoms with Crippen LogP contribution in [0.1, 0.15) is 17.7 Å². The van der Waals surface area contributed by atoms with Crippen molar-refractivity contribution < 1.29 is 5.11 Å². The number of nitrogens with one attached hydrogen (secondary N) is 1. The number of nitrogens with zero attached hydrogens (tertiary/aromatic N) is 3. The van der Waals surface area contributed by atoms with Crippen molar-refractivity contribution in [3.8, 4) is 0 Å². The third-order valence-electron chi connectivity index (χ3n) is 2.66. The molecule has 0 radical (unpaired) electrons. The Kier molecular flexibility index (Phi) is 4.30. The molecule has 0 unspecified atom stereocenters. The maximum absolute atomic E-state index is 8.73. The molecule has 0 saturated carbocycles. The van der Waals surface area contributed by atoms with E-state index in [1.165, 1.54) is 5.56 Å². The number of aryl methyl sites for hydroxylation is 2. The normalized spacial score (nSPS) is 10.6. The van der Waals surface area contributed by atoms with Crippen LogP contribution in [0.5, 0.6) is 0 Å². The van der Waals surface area contributed by atoms with Gasteiger partial charge in [0.05, 0.1) is 12.7 Å². The molecule has 0 fully saturated rings. The molecule has 1 heterocycles. The molecule has 0 atom stereocenters. The van der Waals surface area contributed by atoms with Gasteiger partial charge in [-0.25, -0.2) is 0 Å². The SMILES string of the molecule is Cc1ccc(NCc2cn(CCCO)nn2)cc1. The summed E-state index contributed by atoms with van der Waals surface area (Å²) >= 11 is 0. The molecular formula is C13H18N4O. The zero-order chi connectivity index (χ0) is 12.8. The second-order valence-electron chi connectivity index (χ2n) is 4.27. The summed E-state index contributed by atoms with van der Waals surface area (Å²) in [7, 11) is 0. The summed E-state index contributed by atoms with van der Waals surface area (Å²) < 4.78 is 1.75. The lowest BCUT2D eigenvalue weighted by molar-refractivity contribution is 0.276. The summed E-state index contributed by atoms with van der Waals surface area (Å²) in [6, 6.07) is 8.23. The Hall–Kier alpha value is -1.88. The van der Waals surface area contributed by atoms with Gasteiger partial charge in [-0.3, -0.25) is 4.68 Å². The minimum absolute atomic E-state index is 0.177. The molecule has 5 heteroatoms. The smallest absolute Gasteiger partial charge is 0.102 e. The molecule has 0 amide bonds. The van der Waals surface area contributed by atoms with Gasteiger partial charge in [0.2, 0.25) is 0 Å². The van der Waals surface area contributed by atoms with Crippen LogP contribution in [0.25, 0.3) is 0 Å². The summed E-state index contributed by atoms with van der Waals surface area (Å²) in [6.07, 6.45) is 2.60. The van der Waals surface area contributed by atoms with E-state index in [0.717, 1.165) is 11.4 Å². The van der Waals surface area contributed by atoms with Gasteiger partial charge < -0.3 is 10.4 Å². The van der Waals surface area contributed by atoms with E-state index in [0.29, 0.717) is 19.5 Å². The van der Waals surface area contributed by atoms with Crippen LogP contribution >= 0.6 is 0 Å². The number of aliphatic hydroxyl groups is 1. The molecule has 1 aromatic heterocycles. The Balaban J connectivity index is 1.86. The predicted octanol–water partition coefficient (Wildman–Crippen LogP) is 1.58. The predicted molar refractivity (Wildman–Crippen MR) is 70.2 cm³/mol. The third kappa shape index (κ3) is 3.56. The molecule has 0 aliphatic heterocycles. The van der Waals surface area contributed by atoms with E-state index in [1.807, 2.05) is 18.3 Å². The van der Waals surface area contributed by atoms with Crippen molar-refractivity contribution in [1.29, 1.82) is 0 Å². The maximum atomic E-state index is 8.73. The zero-order valence-corrected chi connectivity index (χ0v) is 10.5. The van der Waals surface area contributed by atoms with E-state index in [-0.39, 0.29) is 6.61 Å². The molecule has 2 aromatic rings. The number of hydrogen-bond acceptors (Lipinski definition) is 4. The summed E-state index contributed by atoms with van der Waals surface area (Å²) in [5.41, 5.74) is 3.22. The number of aliphatic hydroxyl groups excluding tert-OH is 1. The molecule has 96 valence electrons. The van der Waals surface area contributed by atoms with Crippen LogP contribution in [0.2, 0.25) is 0 Å². The highest BCUT2D eigenvalue weighted by atomic mass is 16.3. The lowest BCUT2D eigenvalue weighted by Gasteiger charge is -2.03. The fourth-order valence-corrected chi connectivity index (χ4v) is 1.63. The molecule has 2 rings (SSSR count). The van der Waals surface area contributed by atoms with Gasteiger partial charge in [-0.05, 0) is 25.5 Å². The first-order valence-corrected chi connectivity index (χ1v) is 6.08. The number of aromatic nitrogens is 3. The topological polar surface area (TPSA) is 63.0 Å². The van der Waals surface area contributed by atoms with Gasteiger partial charge in [0, 0.05) is 18.8 Å². The van der Waals surface area contributed by atoms with Crippen molar-refractivity contribution in [3.63, 3.8) is 0 Å². The first kappa shape index (κ1) is 12.6. The molecule has 2 N–H and O–H groups in total. The summed E-state index contributed by atoms with van der Waals surface area (Å²) in [5, 5.41) is 20.1. The fourth-order valence-electron chi connectivity index (χ4n) is 1.63. The molecular weight excluding hydrogens is 228 g/mol. The van der Waals surface area contributed by atoms with Gasteiger partial charge in [0.1, 0.15) is 5.69 Å². The largest absolute Gasteiger partial charge is 0.396 e. The standard InChI is InChI=1S/C13H18N4O/c1-11-3-5-12(6-4-11)14-9-13-10-17(16-15-13)7-2-8-18/h3-6,10,14,18H,2,7-9H2,1H3. The molecule has 5 nitrogen and oxygen atoms in total. The van der Waals surface area contributed by atoms with Crippen molar-refractivity contribution in [2.45, 2.75) is 26.4 Å². The van der Waals surface area contributed by atoms with E-state index in [4.69, 9.17) is 5.11 Å². The van der Waals surface area contributed by atoms with Gasteiger partial charge in [-0.15, -0.1) is 5.10 Å². The lowest BCUT2D eigenvalue weighted by Crippen LogP contribution is -2.01. The zero-order valence-electron chi connectivity index (χ0n) is 10.5. The molecule has 18 heavy (non-hydrogen) atoms. The van der Waals surface area contributed by atoms with Gasteiger partial charge >= 0.3 is 0 Å². The molecule has 0 bridgehead atoms. The van der Waals surface area contributed by atoms with E-state index in [1.54, 1.807) is 4.68 Å². The average molecular weight is 246 g/mol. The van der Waals surface area contributed by atoms with Crippen LogP contribution in [0.4, 0.5) is 5.69 Å². The second-order valence-corrected chi connectivity index (χ2v) is 4.27. The Labute approximate surface area is 106 Å². The average Bonchev–Trinajstić information content (AvgIpc) is 2.84. The van der Waals surface area contributed by atoms with Crippen molar-refractivity contribution >= 4 is 5.69 Å². The van der Waals surface area contributed by atoms with Crippen molar-refractivity contribution in [3.05, 3.63) is 41.7 Å². The fraction of sp³-hybridized carbons (Fsp3) is 0.385. The van der Waals surface area contributed by atoms with Gasteiger partial charge in [-0.2, -0.15) is 0 Å². The molecule has 0 saturated heterocycles. The van der Waals surface area contributed by atoms with Crippen molar-refractivity contribution in [2.75, 3.05) is 11.9 Å².